The van der Waals surface area contributed by atoms with Crippen molar-refractivity contribution in [1.29, 1.82) is 0 Å². The minimum absolute atomic E-state index is 0.00113. The Bertz CT molecular complexity index is 1930. The van der Waals surface area contributed by atoms with Crippen LogP contribution in [0.4, 0.5) is 0 Å². The van der Waals surface area contributed by atoms with E-state index in [0.29, 0.717) is 25.0 Å². The Balaban J connectivity index is 1.86. The fourth-order valence-corrected chi connectivity index (χ4v) is 6.37. The SMILES string of the molecule is C=Cc1c(C)c2n(C)c1C=c1[nH]c(c(C=C)c1C)=CC1=NC(=Cc3[nH]c(c(C)c3CCC(=O)O)C2)C(CCC(=O)O)=C1C. The van der Waals surface area contributed by atoms with Crippen molar-refractivity contribution < 1.29 is 19.8 Å². The summed E-state index contributed by atoms with van der Waals surface area (Å²) in [6.07, 6.45) is 11.1. The zero-order valence-electron chi connectivity index (χ0n) is 25.4. The fraction of sp³-hybridized carbons (Fsp3) is 0.286. The van der Waals surface area contributed by atoms with E-state index < -0.39 is 11.9 Å². The van der Waals surface area contributed by atoms with Gasteiger partial charge in [-0.25, -0.2) is 4.99 Å². The number of carboxylic acids is 2. The Hall–Kier alpha value is -4.85. The van der Waals surface area contributed by atoms with Gasteiger partial charge in [0.25, 0.3) is 0 Å². The lowest BCUT2D eigenvalue weighted by atomic mass is 9.98. The Morgan fingerprint density at radius 2 is 1.58 bits per heavy atom. The van der Waals surface area contributed by atoms with Crippen LogP contribution in [0.2, 0.25) is 0 Å². The number of aromatic nitrogens is 3. The number of hydrogen-bond donors (Lipinski definition) is 4. The molecule has 2 aliphatic heterocycles. The quantitative estimate of drug-likeness (QED) is 0.297. The number of allylic oxidation sites excluding steroid dienone is 2. The van der Waals surface area contributed by atoms with Crippen molar-refractivity contribution in [1.82, 2.24) is 14.5 Å². The average molecular weight is 579 g/mol. The highest BCUT2D eigenvalue weighted by molar-refractivity contribution is 6.23. The highest BCUT2D eigenvalue weighted by atomic mass is 16.4. The summed E-state index contributed by atoms with van der Waals surface area (Å²) in [7, 11) is 2.06. The van der Waals surface area contributed by atoms with E-state index in [-0.39, 0.29) is 12.8 Å². The van der Waals surface area contributed by atoms with Gasteiger partial charge < -0.3 is 24.7 Å². The molecule has 0 radical (unpaired) electrons. The van der Waals surface area contributed by atoms with Crippen LogP contribution in [-0.2, 0) is 29.5 Å². The van der Waals surface area contributed by atoms with Gasteiger partial charge in [0, 0.05) is 65.2 Å². The van der Waals surface area contributed by atoms with E-state index in [0.717, 1.165) is 83.7 Å². The predicted molar refractivity (Wildman–Crippen MR) is 172 cm³/mol. The van der Waals surface area contributed by atoms with Crippen molar-refractivity contribution in [2.75, 3.05) is 0 Å². The first-order valence-corrected chi connectivity index (χ1v) is 14.4. The molecule has 0 amide bonds. The first-order valence-electron chi connectivity index (χ1n) is 14.4. The molecule has 5 heterocycles. The molecular formula is C35H38N4O4. The van der Waals surface area contributed by atoms with Crippen molar-refractivity contribution in [2.24, 2.45) is 12.0 Å². The second-order valence-electron chi connectivity index (χ2n) is 11.3. The molecule has 0 saturated heterocycles. The van der Waals surface area contributed by atoms with Gasteiger partial charge in [-0.1, -0.05) is 25.3 Å². The third kappa shape index (κ3) is 5.29. The number of aliphatic carboxylic acids is 2. The summed E-state index contributed by atoms with van der Waals surface area (Å²) in [5.74, 6) is -1.74. The Morgan fingerprint density at radius 1 is 0.907 bits per heavy atom. The zero-order valence-corrected chi connectivity index (χ0v) is 25.4. The van der Waals surface area contributed by atoms with Crippen LogP contribution in [0.15, 0.2) is 35.0 Å². The van der Waals surface area contributed by atoms with Crippen LogP contribution in [-0.4, -0.2) is 42.4 Å². The summed E-state index contributed by atoms with van der Waals surface area (Å²) in [5.41, 5.74) is 13.3. The second kappa shape index (κ2) is 11.4. The normalized spacial score (nSPS) is 14.2. The van der Waals surface area contributed by atoms with Gasteiger partial charge in [0.2, 0.25) is 0 Å². The number of aromatic amines is 2. The number of carbonyl (C=O) groups is 2. The maximum atomic E-state index is 11.6. The second-order valence-corrected chi connectivity index (χ2v) is 11.3. The van der Waals surface area contributed by atoms with Crippen molar-refractivity contribution in [3.8, 4) is 0 Å². The van der Waals surface area contributed by atoms with Gasteiger partial charge in [0.05, 0.1) is 17.1 Å². The van der Waals surface area contributed by atoms with Gasteiger partial charge in [-0.15, -0.1) is 0 Å². The van der Waals surface area contributed by atoms with Crippen molar-refractivity contribution in [3.05, 3.63) is 96.9 Å². The van der Waals surface area contributed by atoms with E-state index in [9.17, 15) is 19.8 Å². The minimum atomic E-state index is -0.874. The van der Waals surface area contributed by atoms with Crippen molar-refractivity contribution in [2.45, 2.75) is 59.8 Å². The van der Waals surface area contributed by atoms with Crippen LogP contribution < -0.4 is 10.7 Å². The Kier molecular flexibility index (Phi) is 7.88. The van der Waals surface area contributed by atoms with Crippen molar-refractivity contribution in [3.63, 3.8) is 0 Å². The molecule has 2 aliphatic rings. The molecule has 8 nitrogen and oxygen atoms in total. The van der Waals surface area contributed by atoms with Crippen LogP contribution in [0.5, 0.6) is 0 Å². The highest BCUT2D eigenvalue weighted by Crippen LogP contribution is 2.34. The lowest BCUT2D eigenvalue weighted by molar-refractivity contribution is -0.138. The van der Waals surface area contributed by atoms with Gasteiger partial charge in [0.15, 0.2) is 0 Å². The van der Waals surface area contributed by atoms with E-state index >= 15 is 0 Å². The summed E-state index contributed by atoms with van der Waals surface area (Å²) in [4.78, 5) is 35.3. The number of carboxylic acid groups (broad SMARTS) is 2. The number of H-pyrrole nitrogens is 2. The van der Waals surface area contributed by atoms with Gasteiger partial charge in [0.1, 0.15) is 0 Å². The van der Waals surface area contributed by atoms with Gasteiger partial charge in [-0.05, 0) is 92.2 Å². The molecule has 8 heteroatoms. The molecule has 3 aromatic heterocycles. The monoisotopic (exact) mass is 578 g/mol. The molecule has 3 aromatic rings. The first kappa shape index (κ1) is 29.6. The van der Waals surface area contributed by atoms with E-state index in [1.54, 1.807) is 0 Å². The molecular weight excluding hydrogens is 540 g/mol. The third-order valence-corrected chi connectivity index (χ3v) is 8.92. The molecule has 0 aromatic carbocycles. The van der Waals surface area contributed by atoms with Crippen LogP contribution in [0.25, 0.3) is 30.4 Å². The van der Waals surface area contributed by atoms with Gasteiger partial charge in [-0.2, -0.15) is 0 Å². The number of aliphatic imine (C=N–C) groups is 1. The molecule has 5 rings (SSSR count). The topological polar surface area (TPSA) is 123 Å². The number of rotatable bonds is 8. The number of fused-ring (bicyclic) bond motifs is 7. The first-order chi connectivity index (χ1) is 20.4. The smallest absolute Gasteiger partial charge is 0.303 e. The molecule has 8 bridgehead atoms. The Labute approximate surface area is 250 Å². The lowest BCUT2D eigenvalue weighted by Gasteiger charge is -2.07. The van der Waals surface area contributed by atoms with E-state index in [2.05, 4.69) is 54.7 Å². The van der Waals surface area contributed by atoms with Crippen LogP contribution in [0.3, 0.4) is 0 Å². The van der Waals surface area contributed by atoms with Crippen LogP contribution >= 0.6 is 0 Å². The van der Waals surface area contributed by atoms with E-state index in [1.807, 2.05) is 38.2 Å². The molecule has 0 atom stereocenters. The van der Waals surface area contributed by atoms with Crippen LogP contribution in [0, 0.1) is 20.8 Å². The molecule has 0 spiro atoms. The Morgan fingerprint density at radius 3 is 2.23 bits per heavy atom. The maximum absolute atomic E-state index is 11.6. The summed E-state index contributed by atoms with van der Waals surface area (Å²) in [5, 5.41) is 20.8. The van der Waals surface area contributed by atoms with E-state index in [4.69, 9.17) is 4.99 Å². The summed E-state index contributed by atoms with van der Waals surface area (Å²) < 4.78 is 2.20. The third-order valence-electron chi connectivity index (χ3n) is 8.92. The van der Waals surface area contributed by atoms with E-state index in [1.165, 1.54) is 0 Å². The fourth-order valence-electron chi connectivity index (χ4n) is 6.37. The molecule has 0 fully saturated rings. The molecule has 43 heavy (non-hydrogen) atoms. The molecule has 222 valence electrons. The van der Waals surface area contributed by atoms with Crippen molar-refractivity contribution >= 4 is 48.0 Å². The number of hydrogen-bond acceptors (Lipinski definition) is 3. The molecule has 0 aliphatic carbocycles. The number of nitrogens with one attached hydrogen (secondary N) is 2. The number of nitrogens with zero attached hydrogens (tertiary/aromatic N) is 2. The standard InChI is InChI=1S/C35H38N4O4/c1-8-22-18(3)28-17-33-23(9-2)21(6)32(39(33)7)16-27-20(5)25(11-13-35(42)43)31(38-27)15-30-24(10-12-34(40)41)19(4)26(36-30)14-29(22)37-28/h8-9,14-15,17,37-38H,1-2,10-13,16H2,3-7H3,(H,40,41)(H,42,43). The lowest BCUT2D eigenvalue weighted by Crippen LogP contribution is -2.14. The maximum Gasteiger partial charge on any atom is 0.303 e. The van der Waals surface area contributed by atoms with Crippen LogP contribution in [0.1, 0.15) is 82.3 Å². The molecule has 0 saturated carbocycles. The molecule has 0 unspecified atom stereocenters. The average Bonchev–Trinajstić information content (AvgIpc) is 3.59. The predicted octanol–water partition coefficient (Wildman–Crippen LogP) is 5.10. The largest absolute Gasteiger partial charge is 0.481 e. The highest BCUT2D eigenvalue weighted by Gasteiger charge is 2.24. The summed E-state index contributed by atoms with van der Waals surface area (Å²) >= 11 is 0. The zero-order chi connectivity index (χ0) is 31.2. The minimum Gasteiger partial charge on any atom is -0.481 e. The summed E-state index contributed by atoms with van der Waals surface area (Å²) in [6, 6.07) is 0. The molecule has 4 N–H and O–H groups in total. The van der Waals surface area contributed by atoms with Gasteiger partial charge in [-0.3, -0.25) is 9.59 Å². The van der Waals surface area contributed by atoms with Gasteiger partial charge >= 0.3 is 11.9 Å². The summed E-state index contributed by atoms with van der Waals surface area (Å²) in [6.45, 7) is 16.4.